The van der Waals surface area contributed by atoms with E-state index in [9.17, 15) is 0 Å². The van der Waals surface area contributed by atoms with E-state index in [0.29, 0.717) is 5.41 Å². The van der Waals surface area contributed by atoms with Gasteiger partial charge in [-0.3, -0.25) is 0 Å². The number of nitrogens with one attached hydrogen (secondary N) is 1. The Kier molecular flexibility index (Phi) is 4.48. The summed E-state index contributed by atoms with van der Waals surface area (Å²) in [7, 11) is 0. The summed E-state index contributed by atoms with van der Waals surface area (Å²) in [5.74, 6) is 3.11. The summed E-state index contributed by atoms with van der Waals surface area (Å²) in [6.07, 6.45) is 8.37. The lowest BCUT2D eigenvalue weighted by atomic mass is 9.82. The molecule has 2 saturated carbocycles. The summed E-state index contributed by atoms with van der Waals surface area (Å²) in [6, 6.07) is 0. The van der Waals surface area contributed by atoms with Crippen LogP contribution in [-0.2, 0) is 0 Å². The third-order valence-electron chi connectivity index (χ3n) is 5.27. The quantitative estimate of drug-likeness (QED) is 0.648. The molecule has 0 aromatic heterocycles. The second kappa shape index (κ2) is 5.71. The van der Waals surface area contributed by atoms with Gasteiger partial charge < -0.3 is 11.1 Å². The molecule has 2 aliphatic rings. The average molecular weight is 238 g/mol. The molecule has 0 radical (unpaired) electrons. The first kappa shape index (κ1) is 13.4. The monoisotopic (exact) mass is 238 g/mol. The molecule has 0 bridgehead atoms. The van der Waals surface area contributed by atoms with Crippen LogP contribution >= 0.6 is 0 Å². The predicted octanol–water partition coefficient (Wildman–Crippen LogP) is 2.78. The zero-order valence-corrected chi connectivity index (χ0v) is 11.7. The van der Waals surface area contributed by atoms with Crippen molar-refractivity contribution < 1.29 is 0 Å². The molecule has 0 saturated heterocycles. The molecular weight excluding hydrogens is 208 g/mol. The van der Waals surface area contributed by atoms with E-state index in [-0.39, 0.29) is 0 Å². The van der Waals surface area contributed by atoms with Gasteiger partial charge in [-0.2, -0.15) is 0 Å². The van der Waals surface area contributed by atoms with Gasteiger partial charge in [0.2, 0.25) is 0 Å². The molecule has 0 aliphatic heterocycles. The number of hydrogen-bond donors (Lipinski definition) is 2. The van der Waals surface area contributed by atoms with Gasteiger partial charge >= 0.3 is 0 Å². The van der Waals surface area contributed by atoms with Gasteiger partial charge in [-0.1, -0.05) is 13.8 Å². The summed E-state index contributed by atoms with van der Waals surface area (Å²) in [5, 5.41) is 3.74. The molecule has 0 aromatic rings. The highest BCUT2D eigenvalue weighted by Crippen LogP contribution is 2.48. The topological polar surface area (TPSA) is 38.0 Å². The Morgan fingerprint density at radius 2 is 1.65 bits per heavy atom. The molecule has 2 rings (SSSR count). The Labute approximate surface area is 107 Å². The lowest BCUT2D eigenvalue weighted by Crippen LogP contribution is -2.41. The molecule has 0 atom stereocenters. The van der Waals surface area contributed by atoms with E-state index >= 15 is 0 Å². The molecule has 0 heterocycles. The van der Waals surface area contributed by atoms with Gasteiger partial charge in [0.1, 0.15) is 0 Å². The maximum absolute atomic E-state index is 5.95. The maximum atomic E-state index is 5.95. The summed E-state index contributed by atoms with van der Waals surface area (Å²) in [5.41, 5.74) is 6.29. The van der Waals surface area contributed by atoms with Crippen LogP contribution in [0.15, 0.2) is 0 Å². The second-order valence-electron chi connectivity index (χ2n) is 6.38. The third-order valence-corrected chi connectivity index (χ3v) is 5.27. The predicted molar refractivity (Wildman–Crippen MR) is 73.9 cm³/mol. The minimum absolute atomic E-state index is 0.345. The van der Waals surface area contributed by atoms with E-state index in [1.165, 1.54) is 45.1 Å². The Balaban J connectivity index is 1.73. The van der Waals surface area contributed by atoms with Gasteiger partial charge in [0.05, 0.1) is 0 Å². The van der Waals surface area contributed by atoms with Crippen LogP contribution in [-0.4, -0.2) is 19.6 Å². The van der Waals surface area contributed by atoms with Gasteiger partial charge in [0.25, 0.3) is 0 Å². The fourth-order valence-corrected chi connectivity index (χ4v) is 3.13. The van der Waals surface area contributed by atoms with Gasteiger partial charge in [0.15, 0.2) is 0 Å². The lowest BCUT2D eigenvalue weighted by molar-refractivity contribution is 0.245. The highest BCUT2D eigenvalue weighted by molar-refractivity contribution is 4.93. The van der Waals surface area contributed by atoms with Gasteiger partial charge in [-0.25, -0.2) is 0 Å². The van der Waals surface area contributed by atoms with Crippen LogP contribution in [0.5, 0.6) is 0 Å². The Morgan fingerprint density at radius 3 is 2.00 bits per heavy atom. The fourth-order valence-electron chi connectivity index (χ4n) is 3.13. The van der Waals surface area contributed by atoms with Gasteiger partial charge in [0, 0.05) is 6.54 Å². The second-order valence-corrected chi connectivity index (χ2v) is 6.38. The molecule has 2 heteroatoms. The molecule has 3 N–H and O–H groups in total. The molecule has 2 aliphatic carbocycles. The van der Waals surface area contributed by atoms with Crippen LogP contribution in [0, 0.1) is 23.2 Å². The van der Waals surface area contributed by atoms with Crippen molar-refractivity contribution in [3.05, 3.63) is 0 Å². The standard InChI is InChI=1S/C15H30N2/c1-3-15(4-2,10-16)11-17-9-14(12-5-6-12)13-7-8-13/h12-14,17H,3-11,16H2,1-2H3. The zero-order chi connectivity index (χ0) is 12.3. The van der Waals surface area contributed by atoms with Crippen molar-refractivity contribution >= 4 is 0 Å². The van der Waals surface area contributed by atoms with E-state index in [2.05, 4.69) is 19.2 Å². The van der Waals surface area contributed by atoms with Crippen molar-refractivity contribution in [3.8, 4) is 0 Å². The van der Waals surface area contributed by atoms with Gasteiger partial charge in [-0.05, 0) is 74.8 Å². The normalized spacial score (nSPS) is 21.2. The first-order valence-corrected chi connectivity index (χ1v) is 7.65. The van der Waals surface area contributed by atoms with E-state index in [0.717, 1.165) is 30.8 Å². The molecule has 2 nitrogen and oxygen atoms in total. The van der Waals surface area contributed by atoms with Crippen LogP contribution in [0.3, 0.4) is 0 Å². The van der Waals surface area contributed by atoms with Crippen LogP contribution in [0.2, 0.25) is 0 Å². The Hall–Kier alpha value is -0.0800. The number of nitrogens with two attached hydrogens (primary N) is 1. The highest BCUT2D eigenvalue weighted by atomic mass is 14.9. The largest absolute Gasteiger partial charge is 0.330 e. The molecular formula is C15H30N2. The van der Waals surface area contributed by atoms with Gasteiger partial charge in [-0.15, -0.1) is 0 Å². The highest BCUT2D eigenvalue weighted by Gasteiger charge is 2.41. The summed E-state index contributed by atoms with van der Waals surface area (Å²) in [4.78, 5) is 0. The summed E-state index contributed by atoms with van der Waals surface area (Å²) < 4.78 is 0. The SMILES string of the molecule is CCC(CC)(CN)CNCC(C1CC1)C1CC1. The van der Waals surface area contributed by atoms with Crippen LogP contribution in [0.1, 0.15) is 52.4 Å². The zero-order valence-electron chi connectivity index (χ0n) is 11.7. The van der Waals surface area contributed by atoms with Crippen molar-refractivity contribution in [3.63, 3.8) is 0 Å². The first-order chi connectivity index (χ1) is 8.24. The Morgan fingerprint density at radius 1 is 1.12 bits per heavy atom. The summed E-state index contributed by atoms with van der Waals surface area (Å²) >= 11 is 0. The molecule has 0 aromatic carbocycles. The van der Waals surface area contributed by atoms with E-state index in [1.54, 1.807) is 0 Å². The number of hydrogen-bond acceptors (Lipinski definition) is 2. The molecule has 0 spiro atoms. The van der Waals surface area contributed by atoms with E-state index in [4.69, 9.17) is 5.73 Å². The minimum Gasteiger partial charge on any atom is -0.330 e. The lowest BCUT2D eigenvalue weighted by Gasteiger charge is -2.31. The maximum Gasteiger partial charge on any atom is 0.00198 e. The number of rotatable bonds is 9. The smallest absolute Gasteiger partial charge is 0.00198 e. The van der Waals surface area contributed by atoms with E-state index < -0.39 is 0 Å². The van der Waals surface area contributed by atoms with Crippen molar-refractivity contribution in [2.45, 2.75) is 52.4 Å². The van der Waals surface area contributed by atoms with E-state index in [1.807, 2.05) is 0 Å². The Bertz CT molecular complexity index is 207. The van der Waals surface area contributed by atoms with Crippen molar-refractivity contribution in [1.29, 1.82) is 0 Å². The molecule has 2 fully saturated rings. The fraction of sp³-hybridized carbons (Fsp3) is 1.00. The van der Waals surface area contributed by atoms with Crippen molar-refractivity contribution in [1.82, 2.24) is 5.32 Å². The van der Waals surface area contributed by atoms with Crippen molar-refractivity contribution in [2.24, 2.45) is 28.9 Å². The molecule has 17 heavy (non-hydrogen) atoms. The van der Waals surface area contributed by atoms with Crippen LogP contribution in [0.4, 0.5) is 0 Å². The van der Waals surface area contributed by atoms with Crippen LogP contribution < -0.4 is 11.1 Å². The molecule has 0 unspecified atom stereocenters. The molecule has 100 valence electrons. The van der Waals surface area contributed by atoms with Crippen molar-refractivity contribution in [2.75, 3.05) is 19.6 Å². The first-order valence-electron chi connectivity index (χ1n) is 7.65. The third kappa shape index (κ3) is 3.45. The van der Waals surface area contributed by atoms with Crippen LogP contribution in [0.25, 0.3) is 0 Å². The average Bonchev–Trinajstić information content (AvgIpc) is 3.23. The molecule has 0 amide bonds. The summed E-state index contributed by atoms with van der Waals surface area (Å²) in [6.45, 7) is 7.74. The minimum atomic E-state index is 0.345.